The maximum Gasteiger partial charge on any atom is 0.242 e. The van der Waals surface area contributed by atoms with Gasteiger partial charge >= 0.3 is 0 Å². The molecule has 3 rings (SSSR count). The third kappa shape index (κ3) is 4.64. The average molecular weight is 373 g/mol. The minimum atomic E-state index is -1.23. The predicted molar refractivity (Wildman–Crippen MR) is 108 cm³/mol. The van der Waals surface area contributed by atoms with Crippen LogP contribution in [0.1, 0.15) is 6.92 Å². The summed E-state index contributed by atoms with van der Waals surface area (Å²) >= 11 is 0. The van der Waals surface area contributed by atoms with Crippen LogP contribution in [-0.4, -0.2) is 27.5 Å². The van der Waals surface area contributed by atoms with Crippen LogP contribution in [0.4, 0.5) is 11.4 Å². The van der Waals surface area contributed by atoms with Crippen LogP contribution in [0.5, 0.6) is 0 Å². The number of nitrogens with zero attached hydrogens (tertiary/aromatic N) is 2. The van der Waals surface area contributed by atoms with Crippen LogP contribution < -0.4 is 10.6 Å². The molecule has 7 heteroatoms. The largest absolute Gasteiger partial charge is 0.325 e. The standard InChI is InChI=1S/C21H19N5O2/c1-14(22)19(20(27)25-17-7-3-2-4-8-17)21(28)26-18-9-5-6-15(10-18)16-11-23-13-24-12-16/h2-13,19,22H,1H3,(H,25,27)(H,26,28). The third-order valence-corrected chi connectivity index (χ3v) is 4.02. The second-order valence-electron chi connectivity index (χ2n) is 6.17. The van der Waals surface area contributed by atoms with Gasteiger partial charge in [-0.1, -0.05) is 30.3 Å². The Balaban J connectivity index is 1.76. The molecule has 3 N–H and O–H groups in total. The van der Waals surface area contributed by atoms with E-state index >= 15 is 0 Å². The lowest BCUT2D eigenvalue weighted by Crippen LogP contribution is -2.38. The molecule has 140 valence electrons. The van der Waals surface area contributed by atoms with E-state index in [1.54, 1.807) is 54.9 Å². The molecule has 0 spiro atoms. The number of aromatic nitrogens is 2. The number of hydrogen-bond acceptors (Lipinski definition) is 5. The summed E-state index contributed by atoms with van der Waals surface area (Å²) in [7, 11) is 0. The van der Waals surface area contributed by atoms with Gasteiger partial charge in [-0.05, 0) is 36.8 Å². The lowest BCUT2D eigenvalue weighted by atomic mass is 10.0. The molecule has 7 nitrogen and oxygen atoms in total. The number of amides is 2. The molecule has 1 atom stereocenters. The Morgan fingerprint density at radius 3 is 2.11 bits per heavy atom. The normalized spacial score (nSPS) is 11.3. The van der Waals surface area contributed by atoms with Crippen molar-refractivity contribution < 1.29 is 9.59 Å². The fourth-order valence-corrected chi connectivity index (χ4v) is 2.69. The van der Waals surface area contributed by atoms with Crippen molar-refractivity contribution in [2.24, 2.45) is 5.92 Å². The maximum atomic E-state index is 12.7. The van der Waals surface area contributed by atoms with E-state index in [0.717, 1.165) is 11.1 Å². The zero-order chi connectivity index (χ0) is 19.9. The van der Waals surface area contributed by atoms with Crippen LogP contribution in [0.2, 0.25) is 0 Å². The molecular formula is C21H19N5O2. The number of benzene rings is 2. The molecule has 1 aromatic heterocycles. The summed E-state index contributed by atoms with van der Waals surface area (Å²) in [5, 5.41) is 13.3. The Morgan fingerprint density at radius 1 is 0.857 bits per heavy atom. The van der Waals surface area contributed by atoms with Crippen LogP contribution in [0.3, 0.4) is 0 Å². The van der Waals surface area contributed by atoms with Gasteiger partial charge in [0, 0.05) is 35.0 Å². The Morgan fingerprint density at radius 2 is 1.46 bits per heavy atom. The first kappa shape index (κ1) is 18.9. The molecule has 0 saturated heterocycles. The molecule has 1 heterocycles. The van der Waals surface area contributed by atoms with E-state index in [2.05, 4.69) is 20.6 Å². The third-order valence-electron chi connectivity index (χ3n) is 4.02. The van der Waals surface area contributed by atoms with Gasteiger partial charge < -0.3 is 16.0 Å². The number of anilines is 2. The highest BCUT2D eigenvalue weighted by atomic mass is 16.2. The first-order chi connectivity index (χ1) is 13.5. The van der Waals surface area contributed by atoms with Gasteiger partial charge in [0.15, 0.2) is 5.92 Å². The van der Waals surface area contributed by atoms with Crippen molar-refractivity contribution >= 4 is 28.9 Å². The van der Waals surface area contributed by atoms with Gasteiger partial charge in [-0.2, -0.15) is 0 Å². The van der Waals surface area contributed by atoms with Crippen molar-refractivity contribution in [2.75, 3.05) is 10.6 Å². The molecule has 0 aliphatic heterocycles. The second-order valence-corrected chi connectivity index (χ2v) is 6.17. The highest BCUT2D eigenvalue weighted by molar-refractivity contribution is 6.24. The molecule has 2 aromatic carbocycles. The zero-order valence-corrected chi connectivity index (χ0v) is 15.2. The second kappa shape index (κ2) is 8.68. The van der Waals surface area contributed by atoms with Crippen molar-refractivity contribution in [3.05, 3.63) is 73.3 Å². The monoisotopic (exact) mass is 373 g/mol. The summed E-state index contributed by atoms with van der Waals surface area (Å²) in [5.74, 6) is -2.35. The van der Waals surface area contributed by atoms with E-state index in [4.69, 9.17) is 5.41 Å². The topological polar surface area (TPSA) is 108 Å². The molecule has 0 radical (unpaired) electrons. The fraction of sp³-hybridized carbons (Fsp3) is 0.0952. The minimum absolute atomic E-state index is 0.0430. The first-order valence-electron chi connectivity index (χ1n) is 8.62. The number of para-hydroxylation sites is 1. The van der Waals surface area contributed by atoms with Crippen molar-refractivity contribution in [3.8, 4) is 11.1 Å². The van der Waals surface area contributed by atoms with Gasteiger partial charge in [0.1, 0.15) is 6.33 Å². The molecular weight excluding hydrogens is 354 g/mol. The quantitative estimate of drug-likeness (QED) is 0.455. The SMILES string of the molecule is CC(=N)C(C(=O)Nc1ccccc1)C(=O)Nc1cccc(-c2cncnc2)c1. The van der Waals surface area contributed by atoms with Gasteiger partial charge in [0.25, 0.3) is 0 Å². The lowest BCUT2D eigenvalue weighted by Gasteiger charge is -2.16. The number of rotatable bonds is 6. The molecule has 0 saturated carbocycles. The summed E-state index contributed by atoms with van der Waals surface area (Å²) in [6.07, 6.45) is 4.79. The van der Waals surface area contributed by atoms with Gasteiger partial charge in [-0.25, -0.2) is 9.97 Å². The predicted octanol–water partition coefficient (Wildman–Crippen LogP) is 3.38. The molecule has 0 bridgehead atoms. The van der Waals surface area contributed by atoms with Crippen molar-refractivity contribution in [3.63, 3.8) is 0 Å². The highest BCUT2D eigenvalue weighted by Crippen LogP contribution is 2.22. The highest BCUT2D eigenvalue weighted by Gasteiger charge is 2.29. The van der Waals surface area contributed by atoms with Gasteiger partial charge in [0.2, 0.25) is 11.8 Å². The van der Waals surface area contributed by atoms with Gasteiger partial charge in [0.05, 0.1) is 0 Å². The lowest BCUT2D eigenvalue weighted by molar-refractivity contribution is -0.126. The van der Waals surface area contributed by atoms with E-state index in [9.17, 15) is 9.59 Å². The number of hydrogen-bond donors (Lipinski definition) is 3. The fourth-order valence-electron chi connectivity index (χ4n) is 2.69. The van der Waals surface area contributed by atoms with Crippen LogP contribution in [-0.2, 0) is 9.59 Å². The van der Waals surface area contributed by atoms with E-state index in [1.165, 1.54) is 13.3 Å². The maximum absolute atomic E-state index is 12.7. The Bertz CT molecular complexity index is 990. The Labute approximate surface area is 162 Å². The minimum Gasteiger partial charge on any atom is -0.325 e. The number of nitrogens with one attached hydrogen (secondary N) is 3. The molecule has 0 aliphatic rings. The van der Waals surface area contributed by atoms with E-state index < -0.39 is 17.7 Å². The molecule has 2 amide bonds. The van der Waals surface area contributed by atoms with Crippen LogP contribution >= 0.6 is 0 Å². The van der Waals surface area contributed by atoms with E-state index in [0.29, 0.717) is 11.4 Å². The summed E-state index contributed by atoms with van der Waals surface area (Å²) < 4.78 is 0. The van der Waals surface area contributed by atoms with Gasteiger partial charge in [-0.15, -0.1) is 0 Å². The molecule has 0 fully saturated rings. The zero-order valence-electron chi connectivity index (χ0n) is 15.2. The van der Waals surface area contributed by atoms with Crippen LogP contribution in [0.25, 0.3) is 11.1 Å². The van der Waals surface area contributed by atoms with Crippen molar-refractivity contribution in [2.45, 2.75) is 6.92 Å². The first-order valence-corrected chi connectivity index (χ1v) is 8.62. The smallest absolute Gasteiger partial charge is 0.242 e. The molecule has 0 aliphatic carbocycles. The van der Waals surface area contributed by atoms with Crippen molar-refractivity contribution in [1.29, 1.82) is 5.41 Å². The van der Waals surface area contributed by atoms with Crippen LogP contribution in [0.15, 0.2) is 73.3 Å². The number of carbonyl (C=O) groups excluding carboxylic acids is 2. The molecule has 1 unspecified atom stereocenters. The van der Waals surface area contributed by atoms with E-state index in [-0.39, 0.29) is 5.71 Å². The Hall–Kier alpha value is -3.87. The average Bonchev–Trinajstić information content (AvgIpc) is 2.69. The van der Waals surface area contributed by atoms with Gasteiger partial charge in [-0.3, -0.25) is 9.59 Å². The Kier molecular flexibility index (Phi) is 5.86. The summed E-state index contributed by atoms with van der Waals surface area (Å²) in [6, 6.07) is 16.0. The van der Waals surface area contributed by atoms with E-state index in [1.807, 2.05) is 12.1 Å². The molecule has 28 heavy (non-hydrogen) atoms. The molecule has 3 aromatic rings. The summed E-state index contributed by atoms with van der Waals surface area (Å²) in [6.45, 7) is 1.44. The number of carbonyl (C=O) groups is 2. The summed E-state index contributed by atoms with van der Waals surface area (Å²) in [4.78, 5) is 33.2. The van der Waals surface area contributed by atoms with Crippen molar-refractivity contribution in [1.82, 2.24) is 9.97 Å². The van der Waals surface area contributed by atoms with Crippen LogP contribution in [0, 0.1) is 11.3 Å². The summed E-state index contributed by atoms with van der Waals surface area (Å²) in [5.41, 5.74) is 2.68.